The zero-order chi connectivity index (χ0) is 17.9. The molecule has 1 aromatic heterocycles. The molecule has 7 nitrogen and oxygen atoms in total. The lowest BCUT2D eigenvalue weighted by atomic mass is 9.74. The molecule has 2 amide bonds. The van der Waals surface area contributed by atoms with Gasteiger partial charge in [-0.15, -0.1) is 0 Å². The summed E-state index contributed by atoms with van der Waals surface area (Å²) in [4.78, 5) is 34.7. The normalized spacial score (nSPS) is 26.9. The van der Waals surface area contributed by atoms with Gasteiger partial charge in [0, 0.05) is 31.9 Å². The van der Waals surface area contributed by atoms with Crippen LogP contribution in [0.15, 0.2) is 42.6 Å². The summed E-state index contributed by atoms with van der Waals surface area (Å²) in [6, 6.07) is 10.9. The van der Waals surface area contributed by atoms with Gasteiger partial charge < -0.3 is 15.5 Å². The van der Waals surface area contributed by atoms with Crippen LogP contribution in [-0.4, -0.2) is 54.4 Å². The summed E-state index contributed by atoms with van der Waals surface area (Å²) in [6.45, 7) is 2.18. The standard InChI is InChI=1S/C19H19N5O2/c1-23-9-15-19(11-23,10-21-15)18(26)24-14-7-3-2-6-13(14)22-17(25)12-5-4-8-20-16(12)24/h2-8,15,21H,9-11H2,1H3,(H,22,25). The van der Waals surface area contributed by atoms with E-state index in [0.29, 0.717) is 35.8 Å². The highest BCUT2D eigenvalue weighted by molar-refractivity contribution is 6.18. The number of likely N-dealkylation sites (N-methyl/N-ethyl adjacent to an activating group) is 1. The van der Waals surface area contributed by atoms with E-state index in [1.807, 2.05) is 31.3 Å². The molecule has 0 aliphatic carbocycles. The quantitative estimate of drug-likeness (QED) is 0.809. The summed E-state index contributed by atoms with van der Waals surface area (Å²) in [5, 5.41) is 6.28. The van der Waals surface area contributed by atoms with Gasteiger partial charge >= 0.3 is 0 Å². The van der Waals surface area contributed by atoms with Crippen LogP contribution in [0, 0.1) is 5.41 Å². The van der Waals surface area contributed by atoms with Crippen molar-refractivity contribution in [3.63, 3.8) is 0 Å². The summed E-state index contributed by atoms with van der Waals surface area (Å²) in [7, 11) is 2.03. The molecule has 0 bridgehead atoms. The number of hydrogen-bond acceptors (Lipinski definition) is 5. The zero-order valence-electron chi connectivity index (χ0n) is 14.4. The number of nitrogens with one attached hydrogen (secondary N) is 2. The average Bonchev–Trinajstić information content (AvgIpc) is 2.79. The molecule has 2 unspecified atom stereocenters. The van der Waals surface area contributed by atoms with Crippen molar-refractivity contribution in [1.82, 2.24) is 15.2 Å². The van der Waals surface area contributed by atoms with E-state index in [0.717, 1.165) is 6.54 Å². The van der Waals surface area contributed by atoms with E-state index < -0.39 is 5.41 Å². The number of amides is 2. The summed E-state index contributed by atoms with van der Waals surface area (Å²) >= 11 is 0. The molecule has 2 saturated heterocycles. The number of benzene rings is 1. The fraction of sp³-hybridized carbons (Fsp3) is 0.316. The van der Waals surface area contributed by atoms with Crippen molar-refractivity contribution < 1.29 is 9.59 Å². The smallest absolute Gasteiger partial charge is 0.259 e. The van der Waals surface area contributed by atoms with Crippen molar-refractivity contribution in [3.8, 4) is 0 Å². The van der Waals surface area contributed by atoms with Crippen molar-refractivity contribution in [3.05, 3.63) is 48.2 Å². The second-order valence-corrected chi connectivity index (χ2v) is 7.27. The van der Waals surface area contributed by atoms with Gasteiger partial charge in [0.05, 0.1) is 22.4 Å². The van der Waals surface area contributed by atoms with E-state index in [1.54, 1.807) is 23.2 Å². The Kier molecular flexibility index (Phi) is 3.19. The van der Waals surface area contributed by atoms with Gasteiger partial charge in [-0.1, -0.05) is 12.1 Å². The minimum Gasteiger partial charge on any atom is -0.320 e. The summed E-state index contributed by atoms with van der Waals surface area (Å²) < 4.78 is 0. The first-order valence-corrected chi connectivity index (χ1v) is 8.72. The molecule has 2 atom stereocenters. The van der Waals surface area contributed by atoms with Gasteiger partial charge in [0.2, 0.25) is 5.91 Å². The van der Waals surface area contributed by atoms with E-state index in [-0.39, 0.29) is 17.9 Å². The van der Waals surface area contributed by atoms with E-state index >= 15 is 0 Å². The van der Waals surface area contributed by atoms with Crippen molar-refractivity contribution >= 4 is 29.0 Å². The lowest BCUT2D eigenvalue weighted by Gasteiger charge is -2.45. The molecule has 3 aliphatic rings. The summed E-state index contributed by atoms with van der Waals surface area (Å²) in [5.41, 5.74) is 1.21. The van der Waals surface area contributed by atoms with E-state index in [2.05, 4.69) is 20.5 Å². The number of para-hydroxylation sites is 2. The third-order valence-corrected chi connectivity index (χ3v) is 5.64. The van der Waals surface area contributed by atoms with Crippen LogP contribution in [0.4, 0.5) is 17.2 Å². The van der Waals surface area contributed by atoms with Crippen molar-refractivity contribution in [2.24, 2.45) is 5.41 Å². The summed E-state index contributed by atoms with van der Waals surface area (Å²) in [5.74, 6) is 0.143. The molecule has 132 valence electrons. The molecule has 0 spiro atoms. The van der Waals surface area contributed by atoms with Gasteiger partial charge in [-0.25, -0.2) is 4.98 Å². The molecule has 0 saturated carbocycles. The second-order valence-electron chi connectivity index (χ2n) is 7.27. The molecule has 26 heavy (non-hydrogen) atoms. The van der Waals surface area contributed by atoms with Crippen molar-refractivity contribution in [2.45, 2.75) is 6.04 Å². The van der Waals surface area contributed by atoms with Crippen LogP contribution < -0.4 is 15.5 Å². The number of carbonyl (C=O) groups excluding carboxylic acids is 2. The Morgan fingerprint density at radius 2 is 2.12 bits per heavy atom. The van der Waals surface area contributed by atoms with Gasteiger partial charge in [0.25, 0.3) is 5.91 Å². The molecule has 3 aliphatic heterocycles. The van der Waals surface area contributed by atoms with Crippen LogP contribution >= 0.6 is 0 Å². The molecule has 2 aromatic rings. The molecule has 1 aromatic carbocycles. The van der Waals surface area contributed by atoms with Crippen LogP contribution in [0.5, 0.6) is 0 Å². The van der Waals surface area contributed by atoms with Crippen LogP contribution in [0.25, 0.3) is 0 Å². The van der Waals surface area contributed by atoms with Crippen LogP contribution in [-0.2, 0) is 4.79 Å². The van der Waals surface area contributed by atoms with Gasteiger partial charge in [-0.05, 0) is 31.3 Å². The van der Waals surface area contributed by atoms with Crippen LogP contribution in [0.1, 0.15) is 10.4 Å². The van der Waals surface area contributed by atoms with Crippen molar-refractivity contribution in [1.29, 1.82) is 0 Å². The molecule has 4 heterocycles. The van der Waals surface area contributed by atoms with Gasteiger partial charge in [-0.3, -0.25) is 14.5 Å². The number of fused-ring (bicyclic) bond motifs is 3. The molecule has 0 radical (unpaired) electrons. The molecule has 7 heteroatoms. The number of pyridine rings is 1. The van der Waals surface area contributed by atoms with Gasteiger partial charge in [-0.2, -0.15) is 0 Å². The van der Waals surface area contributed by atoms with E-state index in [4.69, 9.17) is 0 Å². The fourth-order valence-corrected chi connectivity index (χ4v) is 4.31. The first kappa shape index (κ1) is 15.5. The number of aromatic nitrogens is 1. The number of rotatable bonds is 1. The minimum atomic E-state index is -0.482. The number of hydrogen-bond donors (Lipinski definition) is 2. The Bertz CT molecular complexity index is 930. The predicted octanol–water partition coefficient (Wildman–Crippen LogP) is 1.22. The average molecular weight is 349 g/mol. The third-order valence-electron chi connectivity index (χ3n) is 5.64. The van der Waals surface area contributed by atoms with Crippen LogP contribution in [0.2, 0.25) is 0 Å². The van der Waals surface area contributed by atoms with Gasteiger partial charge in [0.15, 0.2) is 5.82 Å². The minimum absolute atomic E-state index is 0.00509. The first-order chi connectivity index (χ1) is 12.6. The second kappa shape index (κ2) is 5.36. The molecular weight excluding hydrogens is 330 g/mol. The molecule has 2 N–H and O–H groups in total. The highest BCUT2D eigenvalue weighted by atomic mass is 16.2. The Labute approximate surface area is 151 Å². The molecule has 2 fully saturated rings. The summed E-state index contributed by atoms with van der Waals surface area (Å²) in [6.07, 6.45) is 1.62. The number of carbonyl (C=O) groups is 2. The number of nitrogens with zero attached hydrogens (tertiary/aromatic N) is 3. The Balaban J connectivity index is 1.70. The van der Waals surface area contributed by atoms with Crippen molar-refractivity contribution in [2.75, 3.05) is 36.9 Å². The third kappa shape index (κ3) is 1.98. The maximum Gasteiger partial charge on any atom is 0.259 e. The first-order valence-electron chi connectivity index (χ1n) is 8.72. The number of anilines is 3. The Morgan fingerprint density at radius 3 is 2.88 bits per heavy atom. The van der Waals surface area contributed by atoms with Crippen LogP contribution in [0.3, 0.4) is 0 Å². The monoisotopic (exact) mass is 349 g/mol. The predicted molar refractivity (Wildman–Crippen MR) is 97.5 cm³/mol. The maximum absolute atomic E-state index is 13.8. The lowest BCUT2D eigenvalue weighted by molar-refractivity contribution is -0.131. The zero-order valence-corrected chi connectivity index (χ0v) is 14.4. The largest absolute Gasteiger partial charge is 0.320 e. The van der Waals surface area contributed by atoms with E-state index in [9.17, 15) is 9.59 Å². The fourth-order valence-electron chi connectivity index (χ4n) is 4.31. The Morgan fingerprint density at radius 1 is 1.27 bits per heavy atom. The highest BCUT2D eigenvalue weighted by Gasteiger charge is 2.59. The lowest BCUT2D eigenvalue weighted by Crippen LogP contribution is -2.68. The van der Waals surface area contributed by atoms with E-state index in [1.165, 1.54) is 0 Å². The number of likely N-dealkylation sites (tertiary alicyclic amines) is 1. The molecule has 5 rings (SSSR count). The molecular formula is C19H19N5O2. The highest BCUT2D eigenvalue weighted by Crippen LogP contribution is 2.44. The van der Waals surface area contributed by atoms with Gasteiger partial charge in [0.1, 0.15) is 0 Å². The SMILES string of the molecule is CN1CC2NCC2(C(=O)N2c3ccccc3NC(=O)c3cccnc32)C1. The topological polar surface area (TPSA) is 77.6 Å². The Hall–Kier alpha value is -2.77. The maximum atomic E-state index is 13.8.